The zero-order valence-corrected chi connectivity index (χ0v) is 15.6. The molecule has 128 valence electrons. The molecule has 24 heavy (non-hydrogen) atoms. The Morgan fingerprint density at radius 1 is 1.04 bits per heavy atom. The fraction of sp³-hybridized carbons (Fsp3) is 0.350. The third-order valence-corrected chi connectivity index (χ3v) is 4.58. The van der Waals surface area contributed by atoms with Crippen LogP contribution in [-0.4, -0.2) is 24.3 Å². The van der Waals surface area contributed by atoms with Gasteiger partial charge in [-0.1, -0.05) is 23.8 Å². The fourth-order valence-electron chi connectivity index (χ4n) is 2.38. The van der Waals surface area contributed by atoms with Crippen LogP contribution in [0.25, 0.3) is 0 Å². The monoisotopic (exact) mass is 343 g/mol. The van der Waals surface area contributed by atoms with E-state index in [0.29, 0.717) is 6.54 Å². The van der Waals surface area contributed by atoms with Gasteiger partial charge >= 0.3 is 0 Å². The van der Waals surface area contributed by atoms with Gasteiger partial charge in [-0.3, -0.25) is 4.79 Å². The first-order valence-electron chi connectivity index (χ1n) is 8.16. The normalized spacial score (nSPS) is 11.8. The topological polar surface area (TPSA) is 38.3 Å². The number of carbonyl (C=O) groups is 1. The molecule has 0 aromatic heterocycles. The molecule has 4 heteroatoms. The Morgan fingerprint density at radius 2 is 1.67 bits per heavy atom. The number of benzene rings is 2. The summed E-state index contributed by atoms with van der Waals surface area (Å²) in [6.45, 7) is 8.52. The van der Waals surface area contributed by atoms with Gasteiger partial charge in [0.05, 0.1) is 0 Å². The van der Waals surface area contributed by atoms with E-state index in [-0.39, 0.29) is 5.91 Å². The van der Waals surface area contributed by atoms with Gasteiger partial charge in [0.2, 0.25) is 0 Å². The van der Waals surface area contributed by atoms with Gasteiger partial charge in [0.1, 0.15) is 5.75 Å². The minimum atomic E-state index is -0.504. The highest BCUT2D eigenvalue weighted by Gasteiger charge is 2.14. The van der Waals surface area contributed by atoms with Crippen molar-refractivity contribution >= 4 is 17.7 Å². The van der Waals surface area contributed by atoms with E-state index in [1.54, 1.807) is 18.7 Å². The van der Waals surface area contributed by atoms with Gasteiger partial charge in [-0.05, 0) is 63.1 Å². The highest BCUT2D eigenvalue weighted by atomic mass is 32.2. The van der Waals surface area contributed by atoms with Crippen molar-refractivity contribution in [1.29, 1.82) is 0 Å². The van der Waals surface area contributed by atoms with E-state index < -0.39 is 6.10 Å². The minimum absolute atomic E-state index is 0.0846. The van der Waals surface area contributed by atoms with E-state index in [2.05, 4.69) is 42.6 Å². The van der Waals surface area contributed by atoms with Crippen molar-refractivity contribution in [2.75, 3.05) is 12.3 Å². The molecule has 1 N–H and O–H groups in total. The quantitative estimate of drug-likeness (QED) is 0.602. The van der Waals surface area contributed by atoms with Crippen LogP contribution in [0.3, 0.4) is 0 Å². The van der Waals surface area contributed by atoms with Crippen LogP contribution in [0.4, 0.5) is 0 Å². The lowest BCUT2D eigenvalue weighted by Gasteiger charge is -2.15. The molecular formula is C20H25NO2S. The zero-order chi connectivity index (χ0) is 17.5. The van der Waals surface area contributed by atoms with Crippen LogP contribution in [0, 0.1) is 20.8 Å². The second-order valence-corrected chi connectivity index (χ2v) is 7.20. The van der Waals surface area contributed by atoms with Crippen molar-refractivity contribution in [3.63, 3.8) is 0 Å². The molecule has 0 saturated carbocycles. The first kappa shape index (κ1) is 18.4. The lowest BCUT2D eigenvalue weighted by molar-refractivity contribution is -0.127. The third-order valence-electron chi connectivity index (χ3n) is 3.57. The molecule has 2 rings (SSSR count). The largest absolute Gasteiger partial charge is 0.481 e. The maximum Gasteiger partial charge on any atom is 0.260 e. The second-order valence-electron chi connectivity index (χ2n) is 6.04. The van der Waals surface area contributed by atoms with Crippen molar-refractivity contribution in [2.45, 2.75) is 38.7 Å². The van der Waals surface area contributed by atoms with E-state index in [0.717, 1.165) is 22.6 Å². The van der Waals surface area contributed by atoms with Gasteiger partial charge in [-0.25, -0.2) is 0 Å². The van der Waals surface area contributed by atoms with Gasteiger partial charge < -0.3 is 10.1 Å². The van der Waals surface area contributed by atoms with Gasteiger partial charge in [-0.15, -0.1) is 11.8 Å². The molecule has 0 bridgehead atoms. The molecule has 0 fully saturated rings. The summed E-state index contributed by atoms with van der Waals surface area (Å²) in [4.78, 5) is 13.3. The summed E-state index contributed by atoms with van der Waals surface area (Å²) < 4.78 is 5.75. The first-order chi connectivity index (χ1) is 11.4. The van der Waals surface area contributed by atoms with Crippen LogP contribution in [0.1, 0.15) is 23.6 Å². The minimum Gasteiger partial charge on any atom is -0.481 e. The van der Waals surface area contributed by atoms with Gasteiger partial charge in [0, 0.05) is 17.2 Å². The van der Waals surface area contributed by atoms with E-state index in [4.69, 9.17) is 4.74 Å². The molecule has 1 atom stereocenters. The lowest BCUT2D eigenvalue weighted by Crippen LogP contribution is -2.37. The Bertz CT molecular complexity index is 662. The second kappa shape index (κ2) is 8.78. The number of ether oxygens (including phenoxy) is 1. The smallest absolute Gasteiger partial charge is 0.260 e. The average molecular weight is 343 g/mol. The van der Waals surface area contributed by atoms with Crippen LogP contribution < -0.4 is 10.1 Å². The standard InChI is InChI=1S/C20H25NO2S/c1-14-5-7-19(8-6-14)24-10-9-21-20(22)17(4)23-18-12-15(2)11-16(3)13-18/h5-8,11-13,17H,9-10H2,1-4H3,(H,21,22)/t17-/m1/s1. The van der Waals surface area contributed by atoms with Crippen LogP contribution in [0.2, 0.25) is 0 Å². The molecule has 3 nitrogen and oxygen atoms in total. The van der Waals surface area contributed by atoms with E-state index in [1.807, 2.05) is 26.0 Å². The van der Waals surface area contributed by atoms with E-state index in [1.165, 1.54) is 10.5 Å². The Hall–Kier alpha value is -1.94. The van der Waals surface area contributed by atoms with Crippen LogP contribution in [0.5, 0.6) is 5.75 Å². The molecule has 0 saturated heterocycles. The number of rotatable bonds is 7. The average Bonchev–Trinajstić information content (AvgIpc) is 2.52. The molecule has 0 unspecified atom stereocenters. The summed E-state index contributed by atoms with van der Waals surface area (Å²) in [5.41, 5.74) is 3.52. The van der Waals surface area contributed by atoms with Crippen molar-refractivity contribution in [1.82, 2.24) is 5.32 Å². The number of aryl methyl sites for hydroxylation is 3. The number of thioether (sulfide) groups is 1. The van der Waals surface area contributed by atoms with Gasteiger partial charge in [-0.2, -0.15) is 0 Å². The highest BCUT2D eigenvalue weighted by molar-refractivity contribution is 7.99. The SMILES string of the molecule is Cc1ccc(SCCNC(=O)[C@@H](C)Oc2cc(C)cc(C)c2)cc1. The predicted octanol–water partition coefficient (Wildman–Crippen LogP) is 4.29. The van der Waals surface area contributed by atoms with Crippen molar-refractivity contribution in [3.05, 3.63) is 59.2 Å². The maximum atomic E-state index is 12.1. The Morgan fingerprint density at radius 3 is 2.29 bits per heavy atom. The Balaban J connectivity index is 1.74. The summed E-state index contributed by atoms with van der Waals surface area (Å²) >= 11 is 1.74. The Labute approximate surface area is 148 Å². The molecule has 1 amide bonds. The molecule has 2 aromatic carbocycles. The number of nitrogens with one attached hydrogen (secondary N) is 1. The summed E-state index contributed by atoms with van der Waals surface area (Å²) in [6, 6.07) is 14.4. The van der Waals surface area contributed by atoms with Crippen molar-refractivity contribution < 1.29 is 9.53 Å². The van der Waals surface area contributed by atoms with Crippen molar-refractivity contribution in [3.8, 4) is 5.75 Å². The van der Waals surface area contributed by atoms with Crippen LogP contribution in [-0.2, 0) is 4.79 Å². The summed E-state index contributed by atoms with van der Waals surface area (Å²) in [7, 11) is 0. The van der Waals surface area contributed by atoms with Crippen molar-refractivity contribution in [2.24, 2.45) is 0 Å². The fourth-order valence-corrected chi connectivity index (χ4v) is 3.15. The first-order valence-corrected chi connectivity index (χ1v) is 9.15. The highest BCUT2D eigenvalue weighted by Crippen LogP contribution is 2.18. The summed E-state index contributed by atoms with van der Waals surface area (Å²) in [5, 5.41) is 2.93. The van der Waals surface area contributed by atoms with Crippen LogP contribution in [0.15, 0.2) is 47.4 Å². The van der Waals surface area contributed by atoms with Gasteiger partial charge in [0.15, 0.2) is 6.10 Å². The Kier molecular flexibility index (Phi) is 6.73. The number of hydrogen-bond donors (Lipinski definition) is 1. The summed E-state index contributed by atoms with van der Waals surface area (Å²) in [5.74, 6) is 1.49. The maximum absolute atomic E-state index is 12.1. The lowest BCUT2D eigenvalue weighted by atomic mass is 10.1. The van der Waals surface area contributed by atoms with E-state index in [9.17, 15) is 4.79 Å². The van der Waals surface area contributed by atoms with E-state index >= 15 is 0 Å². The molecule has 0 spiro atoms. The number of hydrogen-bond acceptors (Lipinski definition) is 3. The molecule has 0 radical (unpaired) electrons. The predicted molar refractivity (Wildman–Crippen MR) is 101 cm³/mol. The zero-order valence-electron chi connectivity index (χ0n) is 14.8. The molecule has 0 aliphatic heterocycles. The summed E-state index contributed by atoms with van der Waals surface area (Å²) in [6.07, 6.45) is -0.504. The molecule has 0 aliphatic carbocycles. The third kappa shape index (κ3) is 5.93. The molecular weight excluding hydrogens is 318 g/mol. The molecule has 0 heterocycles. The number of carbonyl (C=O) groups excluding carboxylic acids is 1. The number of amides is 1. The van der Waals surface area contributed by atoms with Crippen LogP contribution >= 0.6 is 11.8 Å². The van der Waals surface area contributed by atoms with Gasteiger partial charge in [0.25, 0.3) is 5.91 Å². The molecule has 0 aliphatic rings. The molecule has 2 aromatic rings.